The molecular formula is C21H29N5O2. The zero-order valence-electron chi connectivity index (χ0n) is 17.2. The fourth-order valence-corrected chi connectivity index (χ4v) is 3.41. The van der Waals surface area contributed by atoms with E-state index in [1.54, 1.807) is 24.3 Å². The van der Waals surface area contributed by atoms with E-state index in [9.17, 15) is 9.59 Å². The average molecular weight is 383 g/mol. The molecule has 150 valence electrons. The summed E-state index contributed by atoms with van der Waals surface area (Å²) in [4.78, 5) is 36.0. The molecule has 1 aliphatic heterocycles. The third kappa shape index (κ3) is 4.58. The van der Waals surface area contributed by atoms with Crippen molar-refractivity contribution in [3.8, 4) is 0 Å². The molecular weight excluding hydrogens is 354 g/mol. The van der Waals surface area contributed by atoms with Crippen LogP contribution in [0.3, 0.4) is 0 Å². The number of carbonyl (C=O) groups excluding carboxylic acids is 2. The Bertz CT molecular complexity index is 852. The maximum absolute atomic E-state index is 13.1. The summed E-state index contributed by atoms with van der Waals surface area (Å²) in [6.07, 6.45) is 7.02. The predicted octanol–water partition coefficient (Wildman–Crippen LogP) is 2.46. The molecule has 7 nitrogen and oxygen atoms in total. The Morgan fingerprint density at radius 2 is 1.93 bits per heavy atom. The minimum Gasteiger partial charge on any atom is -0.346 e. The molecule has 0 saturated carbocycles. The number of likely N-dealkylation sites (N-methyl/N-ethyl adjacent to an activating group) is 1. The van der Waals surface area contributed by atoms with Crippen molar-refractivity contribution in [2.45, 2.75) is 58.5 Å². The third-order valence-corrected chi connectivity index (χ3v) is 4.84. The first-order valence-corrected chi connectivity index (χ1v) is 9.82. The number of pyridine rings is 1. The monoisotopic (exact) mass is 383 g/mol. The lowest BCUT2D eigenvalue weighted by atomic mass is 10.1. The summed E-state index contributed by atoms with van der Waals surface area (Å²) in [5, 5.41) is 2.97. The first kappa shape index (κ1) is 20.0. The van der Waals surface area contributed by atoms with E-state index >= 15 is 0 Å². The highest BCUT2D eigenvalue weighted by atomic mass is 16.2. The Hall–Kier alpha value is -2.70. The van der Waals surface area contributed by atoms with Crippen LogP contribution in [-0.2, 0) is 19.4 Å². The maximum atomic E-state index is 13.1. The number of hydrogen-bond donors (Lipinski definition) is 1. The van der Waals surface area contributed by atoms with E-state index in [0.717, 1.165) is 43.5 Å². The van der Waals surface area contributed by atoms with Crippen LogP contribution in [0.25, 0.3) is 0 Å². The molecule has 0 spiro atoms. The van der Waals surface area contributed by atoms with Crippen LogP contribution in [0.4, 0.5) is 0 Å². The van der Waals surface area contributed by atoms with Gasteiger partial charge in [0.15, 0.2) is 5.82 Å². The molecule has 0 bridgehead atoms. The van der Waals surface area contributed by atoms with Gasteiger partial charge in [0.2, 0.25) is 0 Å². The summed E-state index contributed by atoms with van der Waals surface area (Å²) >= 11 is 0. The summed E-state index contributed by atoms with van der Waals surface area (Å²) in [6, 6.07) is 3.90. The molecule has 3 heterocycles. The molecule has 2 aromatic heterocycles. The largest absolute Gasteiger partial charge is 0.346 e. The maximum Gasteiger partial charge on any atom is 0.289 e. The molecule has 2 aromatic rings. The van der Waals surface area contributed by atoms with Gasteiger partial charge in [-0.15, -0.1) is 0 Å². The van der Waals surface area contributed by atoms with Crippen molar-refractivity contribution in [2.24, 2.45) is 0 Å². The Morgan fingerprint density at radius 1 is 1.21 bits per heavy atom. The van der Waals surface area contributed by atoms with Crippen molar-refractivity contribution in [1.29, 1.82) is 0 Å². The highest BCUT2D eigenvalue weighted by molar-refractivity contribution is 5.97. The van der Waals surface area contributed by atoms with E-state index in [1.807, 2.05) is 37.5 Å². The van der Waals surface area contributed by atoms with Crippen molar-refractivity contribution in [3.05, 3.63) is 47.3 Å². The van der Waals surface area contributed by atoms with Crippen LogP contribution in [0, 0.1) is 0 Å². The second kappa shape index (κ2) is 8.12. The fraction of sp³-hybridized carbons (Fsp3) is 0.524. The van der Waals surface area contributed by atoms with E-state index < -0.39 is 0 Å². The van der Waals surface area contributed by atoms with Gasteiger partial charge in [-0.1, -0.05) is 0 Å². The van der Waals surface area contributed by atoms with Gasteiger partial charge in [0.1, 0.15) is 5.69 Å². The van der Waals surface area contributed by atoms with Crippen molar-refractivity contribution in [1.82, 2.24) is 24.8 Å². The Balaban J connectivity index is 1.80. The zero-order chi connectivity index (χ0) is 20.3. The number of hydrogen-bond acceptors (Lipinski definition) is 4. The first-order chi connectivity index (χ1) is 13.3. The smallest absolute Gasteiger partial charge is 0.289 e. The molecule has 3 rings (SSSR count). The fourth-order valence-electron chi connectivity index (χ4n) is 3.41. The molecule has 2 amide bonds. The Morgan fingerprint density at radius 3 is 2.61 bits per heavy atom. The molecule has 0 radical (unpaired) electrons. The number of fused-ring (bicyclic) bond motifs is 1. The summed E-state index contributed by atoms with van der Waals surface area (Å²) < 4.78 is 1.94. The van der Waals surface area contributed by atoms with Crippen LogP contribution in [0.2, 0.25) is 0 Å². The summed E-state index contributed by atoms with van der Waals surface area (Å²) in [6.45, 7) is 7.12. The van der Waals surface area contributed by atoms with Crippen molar-refractivity contribution >= 4 is 11.8 Å². The van der Waals surface area contributed by atoms with Gasteiger partial charge in [-0.25, -0.2) is 4.98 Å². The molecule has 1 aliphatic rings. The normalized spacial score (nSPS) is 13.7. The molecule has 0 atom stereocenters. The molecule has 1 N–H and O–H groups in total. The number of aromatic nitrogens is 3. The topological polar surface area (TPSA) is 80.1 Å². The van der Waals surface area contributed by atoms with Crippen LogP contribution in [-0.4, -0.2) is 50.4 Å². The van der Waals surface area contributed by atoms with Crippen LogP contribution in [0.5, 0.6) is 0 Å². The van der Waals surface area contributed by atoms with Gasteiger partial charge >= 0.3 is 0 Å². The second-order valence-corrected chi connectivity index (χ2v) is 8.38. The third-order valence-electron chi connectivity index (χ3n) is 4.84. The molecule has 0 aliphatic carbocycles. The molecule has 0 aromatic carbocycles. The van der Waals surface area contributed by atoms with Crippen molar-refractivity contribution in [2.75, 3.05) is 13.6 Å². The van der Waals surface area contributed by atoms with Gasteiger partial charge < -0.3 is 14.8 Å². The average Bonchev–Trinajstić information content (AvgIpc) is 3.05. The molecule has 28 heavy (non-hydrogen) atoms. The SMILES string of the molecule is CN(CCc1ccncc1)C(=O)c1nc(C(=O)NC(C)(C)C)c2n1CCCC2. The minimum absolute atomic E-state index is 0.146. The molecule has 7 heteroatoms. The highest BCUT2D eigenvalue weighted by Gasteiger charge is 2.30. The number of imidazole rings is 1. The number of nitrogens with one attached hydrogen (secondary N) is 1. The highest BCUT2D eigenvalue weighted by Crippen LogP contribution is 2.22. The van der Waals surface area contributed by atoms with Gasteiger partial charge in [0.25, 0.3) is 11.8 Å². The van der Waals surface area contributed by atoms with Crippen LogP contribution < -0.4 is 5.32 Å². The van der Waals surface area contributed by atoms with E-state index in [-0.39, 0.29) is 17.4 Å². The van der Waals surface area contributed by atoms with Gasteiger partial charge in [-0.3, -0.25) is 14.6 Å². The zero-order valence-corrected chi connectivity index (χ0v) is 17.2. The van der Waals surface area contributed by atoms with Gasteiger partial charge in [0.05, 0.1) is 5.69 Å². The minimum atomic E-state index is -0.353. The molecule has 0 unspecified atom stereocenters. The number of carbonyl (C=O) groups is 2. The van der Waals surface area contributed by atoms with Crippen molar-refractivity contribution in [3.63, 3.8) is 0 Å². The number of rotatable bonds is 5. The van der Waals surface area contributed by atoms with Gasteiger partial charge in [-0.2, -0.15) is 0 Å². The molecule has 0 fully saturated rings. The lowest BCUT2D eigenvalue weighted by Crippen LogP contribution is -2.41. The quantitative estimate of drug-likeness (QED) is 0.860. The van der Waals surface area contributed by atoms with E-state index in [1.165, 1.54) is 0 Å². The summed E-state index contributed by atoms with van der Waals surface area (Å²) in [5.74, 6) is 0.00893. The summed E-state index contributed by atoms with van der Waals surface area (Å²) in [7, 11) is 1.78. The Labute approximate surface area is 166 Å². The first-order valence-electron chi connectivity index (χ1n) is 9.82. The Kier molecular flexibility index (Phi) is 5.82. The number of amides is 2. The van der Waals surface area contributed by atoms with Gasteiger partial charge in [0, 0.05) is 38.1 Å². The van der Waals surface area contributed by atoms with Crippen LogP contribution in [0.1, 0.15) is 66.0 Å². The van der Waals surface area contributed by atoms with E-state index in [4.69, 9.17) is 0 Å². The van der Waals surface area contributed by atoms with Crippen LogP contribution in [0.15, 0.2) is 24.5 Å². The van der Waals surface area contributed by atoms with Gasteiger partial charge in [-0.05, 0) is 64.2 Å². The predicted molar refractivity (Wildman–Crippen MR) is 107 cm³/mol. The van der Waals surface area contributed by atoms with Crippen LogP contribution >= 0.6 is 0 Å². The number of nitrogens with zero attached hydrogens (tertiary/aromatic N) is 4. The van der Waals surface area contributed by atoms with E-state index in [2.05, 4.69) is 15.3 Å². The molecule has 0 saturated heterocycles. The van der Waals surface area contributed by atoms with E-state index in [0.29, 0.717) is 18.1 Å². The standard InChI is InChI=1S/C21H29N5O2/c1-21(2,3)24-19(27)17-16-7-5-6-13-26(16)18(23-17)20(28)25(4)14-10-15-8-11-22-12-9-15/h8-9,11-12H,5-7,10,13-14H2,1-4H3,(H,24,27). The lowest BCUT2D eigenvalue weighted by Gasteiger charge is -2.21. The summed E-state index contributed by atoms with van der Waals surface area (Å²) in [5.41, 5.74) is 2.04. The van der Waals surface area contributed by atoms with Crippen molar-refractivity contribution < 1.29 is 9.59 Å². The second-order valence-electron chi connectivity index (χ2n) is 8.38. The lowest BCUT2D eigenvalue weighted by molar-refractivity contribution is 0.0778.